The van der Waals surface area contributed by atoms with Gasteiger partial charge in [-0.25, -0.2) is 0 Å². The van der Waals surface area contributed by atoms with Gasteiger partial charge in [-0.1, -0.05) is 63.4 Å². The van der Waals surface area contributed by atoms with E-state index in [1.54, 1.807) is 0 Å². The highest BCUT2D eigenvalue weighted by Crippen LogP contribution is 2.29. The third-order valence-electron chi connectivity index (χ3n) is 3.30. The summed E-state index contributed by atoms with van der Waals surface area (Å²) in [6.45, 7) is 4.20. The van der Waals surface area contributed by atoms with E-state index in [1.165, 1.54) is 0 Å². The zero-order valence-electron chi connectivity index (χ0n) is 11.3. The molecular formula is C16H16BrCl2N. The van der Waals surface area contributed by atoms with Gasteiger partial charge >= 0.3 is 0 Å². The Balaban J connectivity index is 2.15. The third-order valence-corrected chi connectivity index (χ3v) is 4.47. The second kappa shape index (κ2) is 6.95. The van der Waals surface area contributed by atoms with E-state index in [0.717, 1.165) is 25.6 Å². The summed E-state index contributed by atoms with van der Waals surface area (Å²) in [6, 6.07) is 14.1. The van der Waals surface area contributed by atoms with Crippen molar-refractivity contribution in [3.63, 3.8) is 0 Å². The van der Waals surface area contributed by atoms with Crippen molar-refractivity contribution in [1.82, 2.24) is 5.32 Å². The van der Waals surface area contributed by atoms with Crippen LogP contribution in [0, 0.1) is 0 Å². The van der Waals surface area contributed by atoms with Gasteiger partial charge in [0.1, 0.15) is 0 Å². The number of hydrogen-bond acceptors (Lipinski definition) is 1. The Morgan fingerprint density at radius 2 is 1.50 bits per heavy atom. The van der Waals surface area contributed by atoms with Crippen molar-refractivity contribution >= 4 is 39.1 Å². The summed E-state index contributed by atoms with van der Waals surface area (Å²) >= 11 is 15.9. The van der Waals surface area contributed by atoms with Gasteiger partial charge in [-0.15, -0.1) is 0 Å². The third kappa shape index (κ3) is 3.76. The predicted octanol–water partition coefficient (Wildman–Crippen LogP) is 6.17. The maximum absolute atomic E-state index is 6.29. The summed E-state index contributed by atoms with van der Waals surface area (Å²) in [5, 5.41) is 5.06. The monoisotopic (exact) mass is 371 g/mol. The van der Waals surface area contributed by atoms with Crippen LogP contribution in [0.25, 0.3) is 0 Å². The van der Waals surface area contributed by atoms with Gasteiger partial charge in [0, 0.05) is 26.6 Å². The van der Waals surface area contributed by atoms with E-state index in [9.17, 15) is 0 Å². The SMILES string of the molecule is CC(N[C@@H](C)c1ccccc1Cl)c1ccc(Br)cc1Cl. The Bertz CT molecular complexity index is 601. The lowest BCUT2D eigenvalue weighted by molar-refractivity contribution is 0.495. The molecule has 2 atom stereocenters. The molecule has 106 valence electrons. The summed E-state index contributed by atoms with van der Waals surface area (Å²) in [7, 11) is 0. The topological polar surface area (TPSA) is 12.0 Å². The summed E-state index contributed by atoms with van der Waals surface area (Å²) in [6.07, 6.45) is 0. The van der Waals surface area contributed by atoms with Crippen LogP contribution in [0.15, 0.2) is 46.9 Å². The van der Waals surface area contributed by atoms with Crippen LogP contribution in [0.3, 0.4) is 0 Å². The molecule has 2 rings (SSSR count). The van der Waals surface area contributed by atoms with Crippen LogP contribution in [0.5, 0.6) is 0 Å². The lowest BCUT2D eigenvalue weighted by Gasteiger charge is -2.22. The Morgan fingerprint density at radius 1 is 0.900 bits per heavy atom. The molecule has 0 aliphatic carbocycles. The first kappa shape index (κ1) is 15.8. The minimum atomic E-state index is 0.141. The Hall–Kier alpha value is -0.540. The molecule has 20 heavy (non-hydrogen) atoms. The number of rotatable bonds is 4. The van der Waals surface area contributed by atoms with E-state index in [4.69, 9.17) is 23.2 Å². The Labute approximate surface area is 138 Å². The number of hydrogen-bond donors (Lipinski definition) is 1. The van der Waals surface area contributed by atoms with Crippen molar-refractivity contribution in [2.75, 3.05) is 0 Å². The van der Waals surface area contributed by atoms with E-state index in [-0.39, 0.29) is 12.1 Å². The minimum Gasteiger partial charge on any atom is -0.304 e. The molecule has 0 amide bonds. The van der Waals surface area contributed by atoms with Crippen molar-refractivity contribution < 1.29 is 0 Å². The van der Waals surface area contributed by atoms with Crippen molar-refractivity contribution in [1.29, 1.82) is 0 Å². The first-order valence-electron chi connectivity index (χ1n) is 6.44. The first-order valence-corrected chi connectivity index (χ1v) is 7.99. The highest BCUT2D eigenvalue weighted by molar-refractivity contribution is 9.10. The number of benzene rings is 2. The van der Waals surface area contributed by atoms with Gasteiger partial charge in [0.2, 0.25) is 0 Å². The lowest BCUT2D eigenvalue weighted by atomic mass is 10.0. The molecule has 0 aromatic heterocycles. The van der Waals surface area contributed by atoms with Crippen LogP contribution in [0.4, 0.5) is 0 Å². The highest BCUT2D eigenvalue weighted by atomic mass is 79.9. The quantitative estimate of drug-likeness (QED) is 0.676. The van der Waals surface area contributed by atoms with Gasteiger partial charge in [0.15, 0.2) is 0 Å². The van der Waals surface area contributed by atoms with Gasteiger partial charge in [-0.05, 0) is 43.2 Å². The summed E-state index contributed by atoms with van der Waals surface area (Å²) in [4.78, 5) is 0. The van der Waals surface area contributed by atoms with E-state index < -0.39 is 0 Å². The zero-order chi connectivity index (χ0) is 14.7. The summed E-state index contributed by atoms with van der Waals surface area (Å²) < 4.78 is 0.984. The van der Waals surface area contributed by atoms with Crippen molar-refractivity contribution in [2.45, 2.75) is 25.9 Å². The second-order valence-electron chi connectivity index (χ2n) is 4.80. The van der Waals surface area contributed by atoms with Gasteiger partial charge in [0.25, 0.3) is 0 Å². The Kier molecular flexibility index (Phi) is 5.50. The van der Waals surface area contributed by atoms with Gasteiger partial charge < -0.3 is 5.32 Å². The largest absolute Gasteiger partial charge is 0.304 e. The molecule has 0 saturated heterocycles. The van der Waals surface area contributed by atoms with Crippen molar-refractivity contribution in [3.05, 3.63) is 68.1 Å². The lowest BCUT2D eigenvalue weighted by Crippen LogP contribution is -2.23. The van der Waals surface area contributed by atoms with Gasteiger partial charge in [-0.2, -0.15) is 0 Å². The molecule has 2 aromatic rings. The molecule has 0 bridgehead atoms. The maximum Gasteiger partial charge on any atom is 0.0464 e. The molecule has 0 heterocycles. The molecule has 4 heteroatoms. The van der Waals surface area contributed by atoms with Crippen molar-refractivity contribution in [2.24, 2.45) is 0 Å². The van der Waals surface area contributed by atoms with Gasteiger partial charge in [0.05, 0.1) is 0 Å². The minimum absolute atomic E-state index is 0.141. The van der Waals surface area contributed by atoms with E-state index in [1.807, 2.05) is 42.5 Å². The van der Waals surface area contributed by atoms with Crippen LogP contribution in [0.1, 0.15) is 37.1 Å². The van der Waals surface area contributed by atoms with Crippen LogP contribution >= 0.6 is 39.1 Å². The second-order valence-corrected chi connectivity index (χ2v) is 6.53. The molecule has 1 unspecified atom stereocenters. The number of nitrogens with one attached hydrogen (secondary N) is 1. The fraction of sp³-hybridized carbons (Fsp3) is 0.250. The normalized spacial score (nSPS) is 14.1. The Morgan fingerprint density at radius 3 is 2.10 bits per heavy atom. The fourth-order valence-electron chi connectivity index (χ4n) is 2.23. The van der Waals surface area contributed by atoms with E-state index in [2.05, 4.69) is 35.1 Å². The first-order chi connectivity index (χ1) is 9.49. The van der Waals surface area contributed by atoms with Crippen LogP contribution < -0.4 is 5.32 Å². The predicted molar refractivity (Wildman–Crippen MR) is 90.6 cm³/mol. The van der Waals surface area contributed by atoms with Crippen LogP contribution in [-0.2, 0) is 0 Å². The summed E-state index contributed by atoms with van der Waals surface area (Å²) in [5.41, 5.74) is 2.17. The molecule has 0 radical (unpaired) electrons. The molecule has 2 aromatic carbocycles. The fourth-order valence-corrected chi connectivity index (χ4v) is 3.37. The van der Waals surface area contributed by atoms with Crippen molar-refractivity contribution in [3.8, 4) is 0 Å². The molecule has 0 fully saturated rings. The standard InChI is InChI=1S/C16H16BrCl2N/c1-10(13-5-3-4-6-15(13)18)20-11(2)14-8-7-12(17)9-16(14)19/h3-11,20H,1-2H3/t10-,11?/m0/s1. The average molecular weight is 373 g/mol. The molecule has 1 nitrogen and oxygen atoms in total. The van der Waals surface area contributed by atoms with Crippen LogP contribution in [0.2, 0.25) is 10.0 Å². The van der Waals surface area contributed by atoms with Gasteiger partial charge in [-0.3, -0.25) is 0 Å². The molecule has 1 N–H and O–H groups in total. The number of halogens is 3. The zero-order valence-corrected chi connectivity index (χ0v) is 14.4. The average Bonchev–Trinajstić information content (AvgIpc) is 2.38. The highest BCUT2D eigenvalue weighted by Gasteiger charge is 2.15. The molecule has 0 saturated carbocycles. The molecule has 0 spiro atoms. The molecule has 0 aliphatic heterocycles. The summed E-state index contributed by atoms with van der Waals surface area (Å²) in [5.74, 6) is 0. The smallest absolute Gasteiger partial charge is 0.0464 e. The van der Waals surface area contributed by atoms with Crippen LogP contribution in [-0.4, -0.2) is 0 Å². The van der Waals surface area contributed by atoms with E-state index in [0.29, 0.717) is 0 Å². The molecule has 0 aliphatic rings. The maximum atomic E-state index is 6.29. The molecular weight excluding hydrogens is 357 g/mol. The van der Waals surface area contributed by atoms with E-state index >= 15 is 0 Å².